The first-order valence-electron chi connectivity index (χ1n) is 7.72. The minimum Gasteiger partial charge on any atom is -0.334 e. The van der Waals surface area contributed by atoms with Crippen LogP contribution < -0.4 is 0 Å². The molecule has 0 bridgehead atoms. The molecule has 1 aromatic carbocycles. The summed E-state index contributed by atoms with van der Waals surface area (Å²) in [7, 11) is 0. The minimum atomic E-state index is 0.527. The van der Waals surface area contributed by atoms with Gasteiger partial charge in [0.1, 0.15) is 5.82 Å². The van der Waals surface area contributed by atoms with Crippen molar-refractivity contribution in [3.05, 3.63) is 67.0 Å². The van der Waals surface area contributed by atoms with Crippen LogP contribution >= 0.6 is 0 Å². The molecule has 0 fully saturated rings. The molecule has 24 heavy (non-hydrogen) atoms. The summed E-state index contributed by atoms with van der Waals surface area (Å²) in [5.41, 5.74) is 2.87. The largest absolute Gasteiger partial charge is 0.334 e. The second-order valence-corrected chi connectivity index (χ2v) is 5.28. The second kappa shape index (κ2) is 6.08. The predicted octanol–water partition coefficient (Wildman–Crippen LogP) is 3.55. The van der Waals surface area contributed by atoms with Crippen LogP contribution in [0.4, 0.5) is 0 Å². The fraction of sp³-hybridized carbons (Fsp3) is 0.111. The van der Waals surface area contributed by atoms with Crippen molar-refractivity contribution in [3.8, 4) is 28.5 Å². The number of aryl methyl sites for hydroxylation is 1. The molecule has 4 aromatic rings. The molecule has 0 spiro atoms. The van der Waals surface area contributed by atoms with Crippen molar-refractivity contribution in [3.63, 3.8) is 0 Å². The Labute approximate surface area is 138 Å². The molecule has 0 atom stereocenters. The minimum absolute atomic E-state index is 0.527. The summed E-state index contributed by atoms with van der Waals surface area (Å²) >= 11 is 0. The Kier molecular flexibility index (Phi) is 3.63. The van der Waals surface area contributed by atoms with Crippen molar-refractivity contribution in [1.29, 1.82) is 0 Å². The van der Waals surface area contributed by atoms with E-state index in [1.165, 1.54) is 0 Å². The summed E-state index contributed by atoms with van der Waals surface area (Å²) in [6.45, 7) is 2.00. The van der Waals surface area contributed by atoms with Gasteiger partial charge in [0.05, 0.1) is 0 Å². The van der Waals surface area contributed by atoms with Gasteiger partial charge in [0.25, 0.3) is 5.89 Å². The highest BCUT2D eigenvalue weighted by molar-refractivity contribution is 5.62. The van der Waals surface area contributed by atoms with Crippen LogP contribution in [-0.2, 0) is 6.42 Å². The Bertz CT molecular complexity index is 958. The van der Waals surface area contributed by atoms with Gasteiger partial charge in [-0.15, -0.1) is 0 Å². The third kappa shape index (κ3) is 2.58. The Morgan fingerprint density at radius 2 is 1.92 bits per heavy atom. The van der Waals surface area contributed by atoms with Crippen molar-refractivity contribution in [2.24, 2.45) is 0 Å². The highest BCUT2D eigenvalue weighted by Crippen LogP contribution is 2.24. The lowest BCUT2D eigenvalue weighted by molar-refractivity contribution is 0.423. The summed E-state index contributed by atoms with van der Waals surface area (Å²) in [6.07, 6.45) is 7.98. The molecule has 0 saturated carbocycles. The molecular weight excluding hydrogens is 302 g/mol. The number of nitrogens with zero attached hydrogens (tertiary/aromatic N) is 5. The molecule has 0 amide bonds. The van der Waals surface area contributed by atoms with E-state index in [4.69, 9.17) is 4.52 Å². The van der Waals surface area contributed by atoms with Crippen molar-refractivity contribution in [2.45, 2.75) is 13.3 Å². The first-order valence-corrected chi connectivity index (χ1v) is 7.72. The van der Waals surface area contributed by atoms with E-state index in [2.05, 4.69) is 20.1 Å². The zero-order valence-electron chi connectivity index (χ0n) is 13.1. The molecule has 0 radical (unpaired) electrons. The maximum absolute atomic E-state index is 5.33. The van der Waals surface area contributed by atoms with Crippen LogP contribution in [0.2, 0.25) is 0 Å². The molecule has 0 aliphatic carbocycles. The molecule has 0 saturated heterocycles. The van der Waals surface area contributed by atoms with Gasteiger partial charge in [0.2, 0.25) is 0 Å². The quantitative estimate of drug-likeness (QED) is 0.576. The van der Waals surface area contributed by atoms with Crippen LogP contribution in [0.5, 0.6) is 0 Å². The summed E-state index contributed by atoms with van der Waals surface area (Å²) in [4.78, 5) is 12.9. The van der Waals surface area contributed by atoms with Crippen molar-refractivity contribution < 1.29 is 4.52 Å². The molecule has 0 aliphatic rings. The fourth-order valence-electron chi connectivity index (χ4n) is 2.53. The van der Waals surface area contributed by atoms with Crippen LogP contribution in [0.3, 0.4) is 0 Å². The zero-order valence-corrected chi connectivity index (χ0v) is 13.1. The third-order valence-electron chi connectivity index (χ3n) is 3.73. The number of imidazole rings is 1. The SMILES string of the molecule is CCc1noc(-c2cccc(-n3ccnc3-c3ccncc3)c2)n1. The van der Waals surface area contributed by atoms with Gasteiger partial charge >= 0.3 is 0 Å². The Balaban J connectivity index is 1.76. The topological polar surface area (TPSA) is 69.6 Å². The Morgan fingerprint density at radius 3 is 2.71 bits per heavy atom. The molecule has 4 rings (SSSR count). The molecule has 0 N–H and O–H groups in total. The highest BCUT2D eigenvalue weighted by atomic mass is 16.5. The maximum atomic E-state index is 5.33. The van der Waals surface area contributed by atoms with E-state index >= 15 is 0 Å². The van der Waals surface area contributed by atoms with Crippen LogP contribution in [0, 0.1) is 0 Å². The number of rotatable bonds is 4. The lowest BCUT2D eigenvalue weighted by Crippen LogP contribution is -1.96. The molecule has 6 nitrogen and oxygen atoms in total. The van der Waals surface area contributed by atoms with E-state index in [0.717, 1.165) is 29.1 Å². The molecule has 118 valence electrons. The molecule has 6 heteroatoms. The highest BCUT2D eigenvalue weighted by Gasteiger charge is 2.11. The van der Waals surface area contributed by atoms with Gasteiger partial charge in [0.15, 0.2) is 5.82 Å². The van der Waals surface area contributed by atoms with Gasteiger partial charge in [0, 0.05) is 48.0 Å². The van der Waals surface area contributed by atoms with E-state index in [0.29, 0.717) is 11.7 Å². The summed E-state index contributed by atoms with van der Waals surface area (Å²) < 4.78 is 7.36. The van der Waals surface area contributed by atoms with Crippen LogP contribution in [-0.4, -0.2) is 24.7 Å². The number of hydrogen-bond donors (Lipinski definition) is 0. The number of pyridine rings is 1. The molecule has 0 aliphatic heterocycles. The number of aromatic nitrogens is 5. The second-order valence-electron chi connectivity index (χ2n) is 5.28. The molecule has 0 unspecified atom stereocenters. The van der Waals surface area contributed by atoms with E-state index in [1.54, 1.807) is 18.6 Å². The van der Waals surface area contributed by atoms with Crippen molar-refractivity contribution in [1.82, 2.24) is 24.7 Å². The number of hydrogen-bond acceptors (Lipinski definition) is 5. The van der Waals surface area contributed by atoms with Gasteiger partial charge in [-0.2, -0.15) is 4.98 Å². The molecule has 3 aromatic heterocycles. The van der Waals surface area contributed by atoms with Crippen LogP contribution in [0.1, 0.15) is 12.7 Å². The van der Waals surface area contributed by atoms with Crippen LogP contribution in [0.25, 0.3) is 28.5 Å². The van der Waals surface area contributed by atoms with Crippen molar-refractivity contribution >= 4 is 0 Å². The van der Waals surface area contributed by atoms with E-state index in [9.17, 15) is 0 Å². The van der Waals surface area contributed by atoms with E-state index < -0.39 is 0 Å². The zero-order chi connectivity index (χ0) is 16.4. The van der Waals surface area contributed by atoms with Gasteiger partial charge in [-0.25, -0.2) is 4.98 Å². The fourth-order valence-corrected chi connectivity index (χ4v) is 2.53. The standard InChI is InChI=1S/C18H15N5O/c1-2-16-21-18(24-22-16)14-4-3-5-15(12-14)23-11-10-20-17(23)13-6-8-19-9-7-13/h3-12H,2H2,1H3. The first-order chi connectivity index (χ1) is 11.8. The Morgan fingerprint density at radius 1 is 1.04 bits per heavy atom. The average molecular weight is 317 g/mol. The lowest BCUT2D eigenvalue weighted by Gasteiger charge is -2.08. The summed E-state index contributed by atoms with van der Waals surface area (Å²) in [5, 5.41) is 3.96. The normalized spacial score (nSPS) is 10.9. The van der Waals surface area contributed by atoms with Gasteiger partial charge in [-0.05, 0) is 30.3 Å². The summed E-state index contributed by atoms with van der Waals surface area (Å²) in [6, 6.07) is 11.8. The van der Waals surface area contributed by atoms with Crippen LogP contribution in [0.15, 0.2) is 65.7 Å². The van der Waals surface area contributed by atoms with Gasteiger partial charge in [-0.1, -0.05) is 18.1 Å². The smallest absolute Gasteiger partial charge is 0.257 e. The maximum Gasteiger partial charge on any atom is 0.257 e. The van der Waals surface area contributed by atoms with Gasteiger partial charge < -0.3 is 4.52 Å². The lowest BCUT2D eigenvalue weighted by atomic mass is 10.2. The number of benzene rings is 1. The average Bonchev–Trinajstić information content (AvgIpc) is 3.32. The molecular formula is C18H15N5O. The summed E-state index contributed by atoms with van der Waals surface area (Å²) in [5.74, 6) is 2.09. The molecule has 3 heterocycles. The van der Waals surface area contributed by atoms with Gasteiger partial charge in [-0.3, -0.25) is 9.55 Å². The Hall–Kier alpha value is -3.28. The third-order valence-corrected chi connectivity index (χ3v) is 3.73. The van der Waals surface area contributed by atoms with E-state index in [-0.39, 0.29) is 0 Å². The first kappa shape index (κ1) is 14.3. The van der Waals surface area contributed by atoms with E-state index in [1.807, 2.05) is 54.1 Å². The monoisotopic (exact) mass is 317 g/mol. The predicted molar refractivity (Wildman–Crippen MR) is 89.5 cm³/mol. The van der Waals surface area contributed by atoms with Crippen molar-refractivity contribution in [2.75, 3.05) is 0 Å².